The van der Waals surface area contributed by atoms with Crippen LogP contribution in [0.25, 0.3) is 0 Å². The molecule has 0 saturated carbocycles. The molecule has 3 saturated heterocycles. The zero-order chi connectivity index (χ0) is 23.5. The maximum atomic E-state index is 12.5. The predicted molar refractivity (Wildman–Crippen MR) is 135 cm³/mol. The number of nitrogens with zero attached hydrogens (tertiary/aromatic N) is 1. The van der Waals surface area contributed by atoms with Crippen LogP contribution in [-0.4, -0.2) is 49.5 Å². The van der Waals surface area contributed by atoms with E-state index in [4.69, 9.17) is 9.47 Å². The summed E-state index contributed by atoms with van der Waals surface area (Å²) in [7, 11) is 1.69. The van der Waals surface area contributed by atoms with Gasteiger partial charge < -0.3 is 19.1 Å². The van der Waals surface area contributed by atoms with Crippen LogP contribution in [0.1, 0.15) is 36.0 Å². The third-order valence-electron chi connectivity index (χ3n) is 8.46. The van der Waals surface area contributed by atoms with E-state index in [-0.39, 0.29) is 5.41 Å². The molecule has 0 aliphatic carbocycles. The summed E-state index contributed by atoms with van der Waals surface area (Å²) in [5, 5.41) is 12.5. The van der Waals surface area contributed by atoms with E-state index >= 15 is 0 Å². The van der Waals surface area contributed by atoms with Crippen LogP contribution in [0.4, 0.5) is 0 Å². The van der Waals surface area contributed by atoms with E-state index in [1.54, 1.807) is 7.11 Å². The number of methoxy groups -OCH3 is 1. The van der Waals surface area contributed by atoms with Crippen molar-refractivity contribution in [3.8, 4) is 5.75 Å². The molecule has 3 aliphatic rings. The Labute approximate surface area is 203 Å². The second-order valence-electron chi connectivity index (χ2n) is 10.1. The first-order chi connectivity index (χ1) is 16.6. The highest BCUT2D eigenvalue weighted by Gasteiger charge is 2.60. The van der Waals surface area contributed by atoms with Crippen molar-refractivity contribution in [1.82, 2.24) is 0 Å². The minimum absolute atomic E-state index is 0.128. The molecule has 4 nitrogen and oxygen atoms in total. The maximum Gasteiger partial charge on any atom is 0.121 e. The minimum atomic E-state index is -0.963. The molecule has 0 aromatic heterocycles. The highest BCUT2D eigenvalue weighted by molar-refractivity contribution is 5.39. The van der Waals surface area contributed by atoms with E-state index < -0.39 is 5.60 Å². The van der Waals surface area contributed by atoms with Crippen molar-refractivity contribution in [1.29, 1.82) is 0 Å². The van der Waals surface area contributed by atoms with Crippen molar-refractivity contribution in [3.05, 3.63) is 102 Å². The number of piperidine rings is 3. The summed E-state index contributed by atoms with van der Waals surface area (Å²) in [5.74, 6) is 0.871. The van der Waals surface area contributed by atoms with Gasteiger partial charge in [0.2, 0.25) is 0 Å². The Morgan fingerprint density at radius 3 is 1.97 bits per heavy atom. The van der Waals surface area contributed by atoms with Gasteiger partial charge in [0, 0.05) is 24.7 Å². The number of fused-ring (bicyclic) bond motifs is 3. The Hall–Kier alpha value is -2.66. The lowest BCUT2D eigenvalue weighted by Gasteiger charge is -2.60. The molecule has 6 rings (SSSR count). The van der Waals surface area contributed by atoms with Gasteiger partial charge in [0.25, 0.3) is 0 Å². The van der Waals surface area contributed by atoms with E-state index in [0.29, 0.717) is 6.61 Å². The molecule has 0 radical (unpaired) electrons. The van der Waals surface area contributed by atoms with Crippen molar-refractivity contribution in [2.45, 2.75) is 31.5 Å². The van der Waals surface area contributed by atoms with Crippen molar-refractivity contribution >= 4 is 0 Å². The van der Waals surface area contributed by atoms with Crippen molar-refractivity contribution in [2.75, 3.05) is 39.9 Å². The molecule has 1 N–H and O–H groups in total. The topological polar surface area (TPSA) is 38.7 Å². The molecule has 0 atom stereocenters. The lowest BCUT2D eigenvalue weighted by molar-refractivity contribution is -0.946. The van der Waals surface area contributed by atoms with Gasteiger partial charge in [0.15, 0.2) is 0 Å². The SMILES string of the molecule is COc1cccc(COCC[N+]23CCC(C(O)(c4ccccc4)c4ccccc4)(CC2)CC3)c1. The predicted octanol–water partition coefficient (Wildman–Crippen LogP) is 5.15. The van der Waals surface area contributed by atoms with E-state index in [1.165, 1.54) is 0 Å². The Kier molecular flexibility index (Phi) is 6.48. The molecule has 3 aliphatic heterocycles. The van der Waals surface area contributed by atoms with Crippen LogP contribution in [0, 0.1) is 5.41 Å². The highest BCUT2D eigenvalue weighted by Crippen LogP contribution is 2.57. The largest absolute Gasteiger partial charge is 0.497 e. The van der Waals surface area contributed by atoms with Crippen LogP contribution >= 0.6 is 0 Å². The van der Waals surface area contributed by atoms with Crippen LogP contribution in [0.3, 0.4) is 0 Å². The highest BCUT2D eigenvalue weighted by atomic mass is 16.5. The second kappa shape index (κ2) is 9.53. The first kappa shape index (κ1) is 23.1. The van der Waals surface area contributed by atoms with Gasteiger partial charge in [-0.05, 0) is 28.8 Å². The molecule has 0 amide bonds. The Morgan fingerprint density at radius 2 is 1.41 bits per heavy atom. The Balaban J connectivity index is 1.27. The molecular formula is C30H36NO3+. The van der Waals surface area contributed by atoms with Gasteiger partial charge in [-0.1, -0.05) is 72.8 Å². The second-order valence-corrected chi connectivity index (χ2v) is 10.1. The summed E-state index contributed by atoms with van der Waals surface area (Å²) >= 11 is 0. The van der Waals surface area contributed by atoms with Gasteiger partial charge in [-0.2, -0.15) is 0 Å². The molecule has 3 heterocycles. The fourth-order valence-corrected chi connectivity index (χ4v) is 6.29. The standard InChI is InChI=1S/C30H36NO3/c1-33-28-14-8-9-25(23-28)24-34-22-21-31-18-15-29(16-19-31,17-20-31)30(32,26-10-4-2-5-11-26)27-12-6-3-7-13-27/h2-14,23,32H,15-22,24H2,1H3/q+1. The number of quaternary nitrogens is 1. The first-order valence-electron chi connectivity index (χ1n) is 12.5. The monoisotopic (exact) mass is 458 g/mol. The van der Waals surface area contributed by atoms with Gasteiger partial charge in [0.1, 0.15) is 17.9 Å². The van der Waals surface area contributed by atoms with Crippen LogP contribution in [-0.2, 0) is 16.9 Å². The number of rotatable bonds is 9. The van der Waals surface area contributed by atoms with Crippen molar-refractivity contribution in [2.24, 2.45) is 5.41 Å². The van der Waals surface area contributed by atoms with Gasteiger partial charge in [-0.25, -0.2) is 0 Å². The van der Waals surface area contributed by atoms with Crippen LogP contribution in [0.15, 0.2) is 84.9 Å². The van der Waals surface area contributed by atoms with Crippen molar-refractivity contribution in [3.63, 3.8) is 0 Å². The summed E-state index contributed by atoms with van der Waals surface area (Å²) in [6.07, 6.45) is 3.09. The maximum absolute atomic E-state index is 12.5. The summed E-state index contributed by atoms with van der Waals surface area (Å²) in [4.78, 5) is 0. The molecule has 0 unspecified atom stereocenters. The van der Waals surface area contributed by atoms with Gasteiger partial charge in [0.05, 0.1) is 40.0 Å². The molecule has 4 heteroatoms. The van der Waals surface area contributed by atoms with E-state index in [2.05, 4.69) is 30.3 Å². The van der Waals surface area contributed by atoms with Gasteiger partial charge >= 0.3 is 0 Å². The normalized spacial score (nSPS) is 24.2. The summed E-state index contributed by atoms with van der Waals surface area (Å²) in [6.45, 7) is 5.71. The van der Waals surface area contributed by atoms with E-state index in [9.17, 15) is 5.11 Å². The zero-order valence-electron chi connectivity index (χ0n) is 20.2. The van der Waals surface area contributed by atoms with Gasteiger partial charge in [-0.3, -0.25) is 0 Å². The molecule has 3 aromatic rings. The quantitative estimate of drug-likeness (QED) is 0.356. The molecule has 3 aromatic carbocycles. The number of ether oxygens (including phenoxy) is 2. The number of hydrogen-bond acceptors (Lipinski definition) is 3. The lowest BCUT2D eigenvalue weighted by atomic mass is 9.56. The van der Waals surface area contributed by atoms with Gasteiger partial charge in [-0.15, -0.1) is 0 Å². The zero-order valence-corrected chi connectivity index (χ0v) is 20.2. The van der Waals surface area contributed by atoms with Crippen LogP contribution in [0.2, 0.25) is 0 Å². The lowest BCUT2D eigenvalue weighted by Crippen LogP contribution is -2.67. The summed E-state index contributed by atoms with van der Waals surface area (Å²) in [5.41, 5.74) is 2.09. The summed E-state index contributed by atoms with van der Waals surface area (Å²) < 4.78 is 12.5. The van der Waals surface area contributed by atoms with Crippen molar-refractivity contribution < 1.29 is 19.1 Å². The molecule has 34 heavy (non-hydrogen) atoms. The minimum Gasteiger partial charge on any atom is -0.497 e. The number of aliphatic hydroxyl groups is 1. The van der Waals surface area contributed by atoms with E-state index in [0.717, 1.165) is 79.0 Å². The Bertz CT molecular complexity index is 1020. The third kappa shape index (κ3) is 4.15. The number of benzene rings is 3. The number of hydrogen-bond donors (Lipinski definition) is 1. The molecule has 2 bridgehead atoms. The smallest absolute Gasteiger partial charge is 0.121 e. The molecule has 0 spiro atoms. The summed E-state index contributed by atoms with van der Waals surface area (Å²) in [6, 6.07) is 28.7. The molecular weight excluding hydrogens is 422 g/mol. The van der Waals surface area contributed by atoms with E-state index in [1.807, 2.05) is 54.6 Å². The molecule has 178 valence electrons. The third-order valence-corrected chi connectivity index (χ3v) is 8.46. The molecule has 3 fully saturated rings. The van der Waals surface area contributed by atoms with Crippen LogP contribution < -0.4 is 4.74 Å². The average molecular weight is 459 g/mol. The average Bonchev–Trinajstić information content (AvgIpc) is 2.93. The first-order valence-corrected chi connectivity index (χ1v) is 12.5. The Morgan fingerprint density at radius 1 is 0.824 bits per heavy atom. The fraction of sp³-hybridized carbons (Fsp3) is 0.400. The van der Waals surface area contributed by atoms with Crippen LogP contribution in [0.5, 0.6) is 5.75 Å². The fourth-order valence-electron chi connectivity index (χ4n) is 6.29.